The predicted molar refractivity (Wildman–Crippen MR) is 133 cm³/mol. The van der Waals surface area contributed by atoms with E-state index in [2.05, 4.69) is 30.7 Å². The van der Waals surface area contributed by atoms with E-state index < -0.39 is 5.91 Å². The molecule has 0 radical (unpaired) electrons. The molecule has 11 nitrogen and oxygen atoms in total. The van der Waals surface area contributed by atoms with Gasteiger partial charge < -0.3 is 25.5 Å². The lowest BCUT2D eigenvalue weighted by molar-refractivity contribution is -0.0224. The highest BCUT2D eigenvalue weighted by Crippen LogP contribution is 2.30. The summed E-state index contributed by atoms with van der Waals surface area (Å²) in [6.45, 7) is 0.394. The first kappa shape index (κ1) is 23.9. The second kappa shape index (κ2) is 10.1. The van der Waals surface area contributed by atoms with Crippen LogP contribution >= 0.6 is 11.6 Å². The first-order valence-electron chi connectivity index (χ1n) is 11.4. The lowest BCUT2D eigenvalue weighted by Crippen LogP contribution is -2.36. The molecule has 1 fully saturated rings. The van der Waals surface area contributed by atoms with Gasteiger partial charge in [0.2, 0.25) is 0 Å². The molecule has 0 unspecified atom stereocenters. The number of nitrogens with one attached hydrogen (secondary N) is 3. The Morgan fingerprint density at radius 3 is 2.86 bits per heavy atom. The second-order valence-corrected chi connectivity index (χ2v) is 8.99. The van der Waals surface area contributed by atoms with Crippen molar-refractivity contribution in [3.63, 3.8) is 0 Å². The first-order chi connectivity index (χ1) is 17.4. The van der Waals surface area contributed by atoms with E-state index in [4.69, 9.17) is 16.3 Å². The number of anilines is 2. The van der Waals surface area contributed by atoms with Crippen molar-refractivity contribution in [2.45, 2.75) is 25.0 Å². The Balaban J connectivity index is 1.43. The minimum absolute atomic E-state index is 0.0129. The van der Waals surface area contributed by atoms with E-state index in [1.807, 2.05) is 0 Å². The fourth-order valence-electron chi connectivity index (χ4n) is 4.18. The number of amides is 1. The fourth-order valence-corrected chi connectivity index (χ4v) is 4.39. The molecule has 2 atom stereocenters. The number of hydrogen-bond donors (Lipinski definition) is 4. The zero-order valence-corrected chi connectivity index (χ0v) is 20.1. The van der Waals surface area contributed by atoms with Crippen LogP contribution in [0.2, 0.25) is 5.02 Å². The topological polar surface area (TPSA) is 147 Å². The number of fused-ring (bicyclic) bond motifs is 1. The number of carbonyl (C=O) groups is 2. The Bertz CT molecular complexity index is 1430. The summed E-state index contributed by atoms with van der Waals surface area (Å²) in [4.78, 5) is 38.0. The summed E-state index contributed by atoms with van der Waals surface area (Å²) in [5, 5.41) is 20.1. The zero-order chi connectivity index (χ0) is 25.2. The molecule has 1 aromatic carbocycles. The van der Waals surface area contributed by atoms with Gasteiger partial charge in [-0.1, -0.05) is 11.6 Å². The number of aliphatic hydroxyl groups excluding tert-OH is 1. The van der Waals surface area contributed by atoms with Crippen molar-refractivity contribution in [3.8, 4) is 0 Å². The van der Waals surface area contributed by atoms with E-state index >= 15 is 0 Å². The van der Waals surface area contributed by atoms with Crippen LogP contribution in [0.15, 0.2) is 43.1 Å². The van der Waals surface area contributed by atoms with E-state index in [0.29, 0.717) is 41.1 Å². The maximum atomic E-state index is 13.6. The van der Waals surface area contributed by atoms with E-state index in [1.54, 1.807) is 30.2 Å². The molecule has 4 N–H and O–H groups in total. The van der Waals surface area contributed by atoms with Crippen LogP contribution in [0.5, 0.6) is 0 Å². The average Bonchev–Trinajstić information content (AvgIpc) is 3.51. The second-order valence-electron chi connectivity index (χ2n) is 8.59. The summed E-state index contributed by atoms with van der Waals surface area (Å²) in [5.74, 6) is -0.278. The number of rotatable bonds is 7. The SMILES string of the molecule is Cn1cc(NC(=O)c2ccc(Cl)c(C(=O)c3c[nH]c4ncnc(N[C@@H]5CC[C@@H](CO)OC5)c34)c2)cn1. The summed E-state index contributed by atoms with van der Waals surface area (Å²) < 4.78 is 7.23. The Hall–Kier alpha value is -3.80. The molecule has 1 saturated heterocycles. The molecular formula is C24H24ClN7O4. The molecule has 0 saturated carbocycles. The molecule has 12 heteroatoms. The number of aromatic amines is 1. The summed E-state index contributed by atoms with van der Waals surface area (Å²) in [7, 11) is 1.75. The van der Waals surface area contributed by atoms with Crippen LogP contribution in [-0.2, 0) is 11.8 Å². The number of hydrogen-bond acceptors (Lipinski definition) is 8. The number of aromatic nitrogens is 5. The maximum Gasteiger partial charge on any atom is 0.255 e. The third kappa shape index (κ3) is 4.81. The van der Waals surface area contributed by atoms with Crippen molar-refractivity contribution in [3.05, 3.63) is 64.8 Å². The molecule has 0 spiro atoms. The van der Waals surface area contributed by atoms with E-state index in [-0.39, 0.29) is 40.7 Å². The largest absolute Gasteiger partial charge is 0.394 e. The molecule has 36 heavy (non-hydrogen) atoms. The standard InChI is InChI=1S/C24H24ClN7O4/c1-32-9-15(7-29-32)31-24(35)13-2-5-19(25)17(6-13)21(34)18-8-26-22-20(18)23(28-12-27-22)30-14-3-4-16(10-33)36-11-14/h2,5-9,12,14,16,33H,3-4,10-11H2,1H3,(H,31,35)(H2,26,27,28,30)/t14-,16+/m1/s1. The van der Waals surface area contributed by atoms with Crippen molar-refractivity contribution in [2.24, 2.45) is 7.05 Å². The highest BCUT2D eigenvalue weighted by molar-refractivity contribution is 6.36. The maximum absolute atomic E-state index is 13.6. The zero-order valence-electron chi connectivity index (χ0n) is 19.4. The van der Waals surface area contributed by atoms with Gasteiger partial charge in [0.15, 0.2) is 5.78 Å². The van der Waals surface area contributed by atoms with Gasteiger partial charge in [-0.05, 0) is 31.0 Å². The number of nitrogens with zero attached hydrogens (tertiary/aromatic N) is 4. The lowest BCUT2D eigenvalue weighted by Gasteiger charge is -2.29. The summed E-state index contributed by atoms with van der Waals surface area (Å²) in [5.41, 5.74) is 1.80. The van der Waals surface area contributed by atoms with Crippen LogP contribution in [0.1, 0.15) is 39.1 Å². The molecule has 0 aliphatic carbocycles. The molecule has 1 amide bonds. The summed E-state index contributed by atoms with van der Waals surface area (Å²) >= 11 is 6.39. The van der Waals surface area contributed by atoms with Crippen molar-refractivity contribution >= 4 is 45.8 Å². The quantitative estimate of drug-likeness (QED) is 0.278. The molecule has 1 aliphatic heterocycles. The Labute approximate surface area is 210 Å². The van der Waals surface area contributed by atoms with Gasteiger partial charge in [0.05, 0.1) is 53.2 Å². The average molecular weight is 510 g/mol. The number of aliphatic hydroxyl groups is 1. The Morgan fingerprint density at radius 2 is 2.14 bits per heavy atom. The van der Waals surface area contributed by atoms with E-state index in [9.17, 15) is 14.7 Å². The van der Waals surface area contributed by atoms with E-state index in [1.165, 1.54) is 24.7 Å². The van der Waals surface area contributed by atoms with Gasteiger partial charge in [0.25, 0.3) is 5.91 Å². The first-order valence-corrected chi connectivity index (χ1v) is 11.8. The summed E-state index contributed by atoms with van der Waals surface area (Å²) in [6, 6.07) is 4.51. The van der Waals surface area contributed by atoms with Crippen molar-refractivity contribution in [1.82, 2.24) is 24.7 Å². The number of H-pyrrole nitrogens is 1. The van der Waals surface area contributed by atoms with Gasteiger partial charge in [-0.15, -0.1) is 0 Å². The van der Waals surface area contributed by atoms with Crippen LogP contribution in [-0.4, -0.2) is 66.9 Å². The van der Waals surface area contributed by atoms with Crippen molar-refractivity contribution < 1.29 is 19.4 Å². The van der Waals surface area contributed by atoms with Crippen LogP contribution in [0.25, 0.3) is 11.0 Å². The third-order valence-corrected chi connectivity index (χ3v) is 6.39. The van der Waals surface area contributed by atoms with Crippen molar-refractivity contribution in [1.29, 1.82) is 0 Å². The van der Waals surface area contributed by atoms with Gasteiger partial charge in [0, 0.05) is 30.6 Å². The van der Waals surface area contributed by atoms with Crippen LogP contribution in [0, 0.1) is 0 Å². The smallest absolute Gasteiger partial charge is 0.255 e. The van der Waals surface area contributed by atoms with Gasteiger partial charge in [-0.3, -0.25) is 14.3 Å². The number of ether oxygens (including phenoxy) is 1. The van der Waals surface area contributed by atoms with Gasteiger partial charge in [-0.25, -0.2) is 9.97 Å². The van der Waals surface area contributed by atoms with Crippen LogP contribution < -0.4 is 10.6 Å². The molecule has 3 aromatic heterocycles. The molecule has 4 aromatic rings. The molecule has 4 heterocycles. The molecular weight excluding hydrogens is 486 g/mol. The molecule has 5 rings (SSSR count). The highest BCUT2D eigenvalue weighted by Gasteiger charge is 2.25. The van der Waals surface area contributed by atoms with Gasteiger partial charge in [0.1, 0.15) is 17.8 Å². The van der Waals surface area contributed by atoms with Crippen LogP contribution in [0.4, 0.5) is 11.5 Å². The fraction of sp³-hybridized carbons (Fsp3) is 0.292. The molecule has 1 aliphatic rings. The van der Waals surface area contributed by atoms with Gasteiger partial charge in [-0.2, -0.15) is 5.10 Å². The van der Waals surface area contributed by atoms with Crippen molar-refractivity contribution in [2.75, 3.05) is 23.8 Å². The number of benzene rings is 1. The summed E-state index contributed by atoms with van der Waals surface area (Å²) in [6.07, 6.45) is 7.50. The number of ketones is 1. The monoisotopic (exact) mass is 509 g/mol. The van der Waals surface area contributed by atoms with Gasteiger partial charge >= 0.3 is 0 Å². The number of carbonyl (C=O) groups excluding carboxylic acids is 2. The minimum Gasteiger partial charge on any atom is -0.394 e. The molecule has 186 valence electrons. The highest BCUT2D eigenvalue weighted by atomic mass is 35.5. The predicted octanol–water partition coefficient (Wildman–Crippen LogP) is 2.78. The molecule has 0 bridgehead atoms. The normalized spacial score (nSPS) is 17.8. The number of aryl methyl sites for hydroxylation is 1. The van der Waals surface area contributed by atoms with E-state index in [0.717, 1.165) is 6.42 Å². The Kier molecular flexibility index (Phi) is 6.68. The Morgan fingerprint density at radius 1 is 1.28 bits per heavy atom. The lowest BCUT2D eigenvalue weighted by atomic mass is 10.0. The van der Waals surface area contributed by atoms with Crippen LogP contribution in [0.3, 0.4) is 0 Å². The third-order valence-electron chi connectivity index (χ3n) is 6.07. The minimum atomic E-state index is -0.392. The number of halogens is 1.